The van der Waals surface area contributed by atoms with E-state index in [0.29, 0.717) is 23.6 Å². The third-order valence-electron chi connectivity index (χ3n) is 9.68. The predicted octanol–water partition coefficient (Wildman–Crippen LogP) is 8.08. The Morgan fingerprint density at radius 1 is 0.698 bits per heavy atom. The van der Waals surface area contributed by atoms with E-state index in [2.05, 4.69) is 57.8 Å². The molecule has 2 aromatic heterocycles. The van der Waals surface area contributed by atoms with Gasteiger partial charge in [0.2, 0.25) is 0 Å². The fourth-order valence-electron chi connectivity index (χ4n) is 7.19. The number of non-ortho nitro benzene ring substituents is 1. The molecule has 0 N–H and O–H groups in total. The number of hydrogen-bond donors (Lipinski definition) is 0. The second kappa shape index (κ2) is 13.9. The Bertz CT molecular complexity index is 2530. The van der Waals surface area contributed by atoms with Crippen molar-refractivity contribution in [2.24, 2.45) is 0 Å². The van der Waals surface area contributed by atoms with Crippen molar-refractivity contribution in [1.82, 2.24) is 29.8 Å². The third-order valence-corrected chi connectivity index (χ3v) is 9.68. The lowest BCUT2D eigenvalue weighted by Gasteiger charge is -2.36. The second-order valence-corrected chi connectivity index (χ2v) is 12.7. The highest BCUT2D eigenvalue weighted by atomic mass is 16.6. The standard InChI is InChI=1S/C43H33N7O3/c1-2-40-44-39-27-26-35(50(52)53)28-38(39)42(51)48(40)29-30-22-24-31(25-23-30)36-20-12-13-21-37(36)41-45-46-47-49(41)43(32-14-6-3-7-15-32,33-16-8-4-9-17-33)34-18-10-5-11-19-34/h3-28H,2,29H2,1H3. The highest BCUT2D eigenvalue weighted by Gasteiger charge is 2.42. The van der Waals surface area contributed by atoms with Gasteiger partial charge in [-0.15, -0.1) is 5.10 Å². The Hall–Kier alpha value is -7.07. The van der Waals surface area contributed by atoms with Crippen molar-refractivity contribution in [3.05, 3.63) is 206 Å². The molecule has 0 saturated heterocycles. The van der Waals surface area contributed by atoms with Crippen LogP contribution in [0.15, 0.2) is 163 Å². The van der Waals surface area contributed by atoms with Crippen LogP contribution in [0.3, 0.4) is 0 Å². The fraction of sp³-hybridized carbons (Fsp3) is 0.0930. The zero-order valence-corrected chi connectivity index (χ0v) is 28.8. The van der Waals surface area contributed by atoms with E-state index in [1.165, 1.54) is 18.2 Å². The summed E-state index contributed by atoms with van der Waals surface area (Å²) < 4.78 is 3.52. The molecule has 10 nitrogen and oxygen atoms in total. The first-order chi connectivity index (χ1) is 26.0. The number of aryl methyl sites for hydroxylation is 1. The summed E-state index contributed by atoms with van der Waals surface area (Å²) in [6.45, 7) is 2.20. The van der Waals surface area contributed by atoms with Crippen LogP contribution in [-0.2, 0) is 18.5 Å². The molecule has 0 amide bonds. The van der Waals surface area contributed by atoms with Crippen LogP contribution in [0.1, 0.15) is 35.0 Å². The smallest absolute Gasteiger partial charge is 0.270 e. The van der Waals surface area contributed by atoms with Crippen LogP contribution in [0.5, 0.6) is 0 Å². The molecule has 8 aromatic rings. The molecule has 0 spiro atoms. The van der Waals surface area contributed by atoms with E-state index >= 15 is 0 Å². The van der Waals surface area contributed by atoms with Gasteiger partial charge in [0.25, 0.3) is 11.2 Å². The van der Waals surface area contributed by atoms with Gasteiger partial charge in [-0.3, -0.25) is 19.5 Å². The minimum atomic E-state index is -0.905. The minimum Gasteiger partial charge on any atom is -0.292 e. The first kappa shape index (κ1) is 33.1. The Balaban J connectivity index is 1.23. The number of nitrogens with zero attached hydrogens (tertiary/aromatic N) is 7. The van der Waals surface area contributed by atoms with Crippen molar-refractivity contribution in [1.29, 1.82) is 0 Å². The average molecular weight is 696 g/mol. The van der Waals surface area contributed by atoms with E-state index in [9.17, 15) is 14.9 Å². The van der Waals surface area contributed by atoms with Gasteiger partial charge in [-0.2, -0.15) is 0 Å². The molecule has 0 saturated carbocycles. The zero-order valence-electron chi connectivity index (χ0n) is 28.8. The normalized spacial score (nSPS) is 11.5. The third kappa shape index (κ3) is 5.85. The summed E-state index contributed by atoms with van der Waals surface area (Å²) in [5, 5.41) is 25.3. The Labute approximate surface area is 304 Å². The number of rotatable bonds is 10. The molecule has 0 fully saturated rings. The lowest BCUT2D eigenvalue weighted by molar-refractivity contribution is -0.384. The monoisotopic (exact) mass is 695 g/mol. The van der Waals surface area contributed by atoms with Gasteiger partial charge in [0.15, 0.2) is 5.82 Å². The molecule has 0 atom stereocenters. The highest BCUT2D eigenvalue weighted by molar-refractivity contribution is 5.82. The van der Waals surface area contributed by atoms with Gasteiger partial charge in [0.05, 0.1) is 22.4 Å². The quantitative estimate of drug-likeness (QED) is 0.0806. The van der Waals surface area contributed by atoms with E-state index in [4.69, 9.17) is 5.21 Å². The molecule has 0 bridgehead atoms. The second-order valence-electron chi connectivity index (χ2n) is 12.7. The molecule has 0 aliphatic carbocycles. The van der Waals surface area contributed by atoms with Crippen molar-refractivity contribution >= 4 is 16.6 Å². The van der Waals surface area contributed by atoms with Crippen LogP contribution >= 0.6 is 0 Å². The van der Waals surface area contributed by atoms with Crippen LogP contribution in [0.25, 0.3) is 33.4 Å². The maximum atomic E-state index is 13.7. The summed E-state index contributed by atoms with van der Waals surface area (Å²) in [4.78, 5) is 29.2. The molecular weight excluding hydrogens is 663 g/mol. The summed E-state index contributed by atoms with van der Waals surface area (Å²) >= 11 is 0. The van der Waals surface area contributed by atoms with Crippen molar-refractivity contribution < 1.29 is 4.92 Å². The van der Waals surface area contributed by atoms with E-state index < -0.39 is 10.5 Å². The minimum absolute atomic E-state index is 0.144. The lowest BCUT2D eigenvalue weighted by atomic mass is 9.77. The van der Waals surface area contributed by atoms with Crippen molar-refractivity contribution in [3.63, 3.8) is 0 Å². The Morgan fingerprint density at radius 2 is 1.26 bits per heavy atom. The van der Waals surface area contributed by atoms with Gasteiger partial charge >= 0.3 is 0 Å². The molecule has 0 aliphatic heterocycles. The van der Waals surface area contributed by atoms with Crippen LogP contribution in [0.4, 0.5) is 5.69 Å². The average Bonchev–Trinajstić information content (AvgIpc) is 3.70. The van der Waals surface area contributed by atoms with Gasteiger partial charge in [-0.1, -0.05) is 146 Å². The SMILES string of the molecule is CCc1nc2ccc([N+](=O)[O-])cc2c(=O)n1Cc1ccc(-c2ccccc2-c2nnnn2C(c2ccccc2)(c2ccccc2)c2ccccc2)cc1. The molecule has 8 rings (SSSR count). The molecule has 2 heterocycles. The topological polar surface area (TPSA) is 122 Å². The van der Waals surface area contributed by atoms with E-state index in [-0.39, 0.29) is 23.2 Å². The first-order valence-electron chi connectivity index (χ1n) is 17.3. The van der Waals surface area contributed by atoms with Crippen LogP contribution in [0, 0.1) is 10.1 Å². The molecular formula is C43H33N7O3. The number of fused-ring (bicyclic) bond motifs is 1. The molecule has 0 radical (unpaired) electrons. The Kier molecular flexibility index (Phi) is 8.69. The highest BCUT2D eigenvalue weighted by Crippen LogP contribution is 2.43. The maximum Gasteiger partial charge on any atom is 0.270 e. The van der Waals surface area contributed by atoms with Crippen molar-refractivity contribution in [3.8, 4) is 22.5 Å². The molecule has 0 unspecified atom stereocenters. The Morgan fingerprint density at radius 3 is 1.83 bits per heavy atom. The van der Waals surface area contributed by atoms with Gasteiger partial charge in [0, 0.05) is 24.1 Å². The molecule has 10 heteroatoms. The van der Waals surface area contributed by atoms with Crippen LogP contribution in [0.2, 0.25) is 0 Å². The number of benzene rings is 6. The molecule has 258 valence electrons. The summed E-state index contributed by atoms with van der Waals surface area (Å²) in [5.41, 5.74) is 5.72. The summed E-state index contributed by atoms with van der Waals surface area (Å²) in [6, 6.07) is 51.2. The van der Waals surface area contributed by atoms with E-state index in [1.54, 1.807) is 4.57 Å². The summed E-state index contributed by atoms with van der Waals surface area (Å²) in [6.07, 6.45) is 0.527. The van der Waals surface area contributed by atoms with Gasteiger partial charge in [-0.25, -0.2) is 9.67 Å². The number of hydrogen-bond acceptors (Lipinski definition) is 7. The maximum absolute atomic E-state index is 13.7. The predicted molar refractivity (Wildman–Crippen MR) is 204 cm³/mol. The van der Waals surface area contributed by atoms with Crippen molar-refractivity contribution in [2.75, 3.05) is 0 Å². The van der Waals surface area contributed by atoms with Gasteiger partial charge < -0.3 is 0 Å². The zero-order chi connectivity index (χ0) is 36.4. The van der Waals surface area contributed by atoms with Crippen LogP contribution < -0.4 is 5.56 Å². The molecule has 53 heavy (non-hydrogen) atoms. The lowest BCUT2D eigenvalue weighted by Crippen LogP contribution is -2.39. The number of tetrazole rings is 1. The fourth-order valence-corrected chi connectivity index (χ4v) is 7.19. The largest absolute Gasteiger partial charge is 0.292 e. The van der Waals surface area contributed by atoms with Crippen molar-refractivity contribution in [2.45, 2.75) is 25.4 Å². The van der Waals surface area contributed by atoms with E-state index in [1.807, 2.05) is 109 Å². The number of nitro groups is 1. The van der Waals surface area contributed by atoms with E-state index in [0.717, 1.165) is 38.9 Å². The van der Waals surface area contributed by atoms with Crippen LogP contribution in [-0.4, -0.2) is 34.7 Å². The summed E-state index contributed by atoms with van der Waals surface area (Å²) in [5.74, 6) is 1.20. The first-order valence-corrected chi connectivity index (χ1v) is 17.3. The molecule has 0 aliphatic rings. The van der Waals surface area contributed by atoms with Gasteiger partial charge in [-0.05, 0) is 49.9 Å². The number of nitro benzene ring substituents is 1. The number of aromatic nitrogens is 6. The summed E-state index contributed by atoms with van der Waals surface area (Å²) in [7, 11) is 0. The van der Waals surface area contributed by atoms with Gasteiger partial charge in [0.1, 0.15) is 11.4 Å². The molecule has 6 aromatic carbocycles.